The zero-order valence-electron chi connectivity index (χ0n) is 11.8. The maximum Gasteiger partial charge on any atom is 0.160 e. The fourth-order valence-electron chi connectivity index (χ4n) is 2.48. The van der Waals surface area contributed by atoms with E-state index in [0.29, 0.717) is 12.4 Å². The Kier molecular flexibility index (Phi) is 3.57. The number of aryl methyl sites for hydroxylation is 1. The Morgan fingerprint density at radius 3 is 2.61 bits per heavy atom. The van der Waals surface area contributed by atoms with Gasteiger partial charge in [-0.05, 0) is 31.6 Å². The molecule has 1 atom stereocenters. The maximum absolute atomic E-state index is 6.04. The molecule has 0 spiro atoms. The first-order chi connectivity index (χ1) is 8.43. The lowest BCUT2D eigenvalue weighted by molar-refractivity contribution is -0.0191. The van der Waals surface area contributed by atoms with Gasteiger partial charge in [-0.2, -0.15) is 0 Å². The molecular formula is C14H23N3O. The molecule has 0 aromatic carbocycles. The quantitative estimate of drug-likeness (QED) is 0.894. The number of ether oxygens (including phenoxy) is 1. The van der Waals surface area contributed by atoms with Crippen molar-refractivity contribution in [2.45, 2.75) is 53.1 Å². The molecule has 1 aliphatic carbocycles. The Labute approximate surface area is 109 Å². The van der Waals surface area contributed by atoms with E-state index in [-0.39, 0.29) is 11.5 Å². The van der Waals surface area contributed by atoms with E-state index in [4.69, 9.17) is 10.5 Å². The highest BCUT2D eigenvalue weighted by atomic mass is 16.5. The number of aromatic nitrogens is 2. The van der Waals surface area contributed by atoms with E-state index in [1.165, 1.54) is 0 Å². The van der Waals surface area contributed by atoms with E-state index in [1.807, 2.05) is 6.92 Å². The van der Waals surface area contributed by atoms with Crippen LogP contribution in [0, 0.1) is 5.41 Å². The molecule has 0 fully saturated rings. The predicted molar refractivity (Wildman–Crippen MR) is 72.3 cm³/mol. The molecular weight excluding hydrogens is 226 g/mol. The summed E-state index contributed by atoms with van der Waals surface area (Å²) in [6, 6.07) is 0. The van der Waals surface area contributed by atoms with Crippen molar-refractivity contribution in [1.82, 2.24) is 9.97 Å². The normalized spacial score (nSPS) is 16.7. The van der Waals surface area contributed by atoms with Gasteiger partial charge < -0.3 is 10.5 Å². The second-order valence-electron chi connectivity index (χ2n) is 5.95. The lowest BCUT2D eigenvalue weighted by atomic mass is 9.88. The number of hydrogen-bond acceptors (Lipinski definition) is 4. The smallest absolute Gasteiger partial charge is 0.160 e. The van der Waals surface area contributed by atoms with E-state index in [0.717, 1.165) is 36.3 Å². The maximum atomic E-state index is 6.04. The van der Waals surface area contributed by atoms with Gasteiger partial charge in [0.15, 0.2) is 5.82 Å². The number of nitrogen functional groups attached to an aromatic ring is 1. The van der Waals surface area contributed by atoms with Crippen LogP contribution in [-0.2, 0) is 17.6 Å². The zero-order valence-corrected chi connectivity index (χ0v) is 11.8. The molecule has 18 heavy (non-hydrogen) atoms. The monoisotopic (exact) mass is 249 g/mol. The topological polar surface area (TPSA) is 61.0 Å². The Hall–Kier alpha value is -1.16. The van der Waals surface area contributed by atoms with Gasteiger partial charge in [0.25, 0.3) is 0 Å². The van der Waals surface area contributed by atoms with Crippen LogP contribution in [0.3, 0.4) is 0 Å². The summed E-state index contributed by atoms with van der Waals surface area (Å²) in [4.78, 5) is 9.16. The molecule has 2 N–H and O–H groups in total. The Bertz CT molecular complexity index is 437. The molecule has 0 saturated heterocycles. The van der Waals surface area contributed by atoms with E-state index in [1.54, 1.807) is 0 Å². The standard InChI is InChI=1S/C14H23N3O/c1-5-18-11(14(2,3)4)13-16-10-8-6-7-9(10)12(15)17-13/h11H,5-8H2,1-4H3,(H2,15,16,17). The number of hydrogen-bond donors (Lipinski definition) is 1. The van der Waals surface area contributed by atoms with Gasteiger partial charge >= 0.3 is 0 Å². The molecule has 2 rings (SSSR count). The summed E-state index contributed by atoms with van der Waals surface area (Å²) in [5.74, 6) is 1.38. The SMILES string of the molecule is CCOC(c1nc(N)c2c(n1)CCC2)C(C)(C)C. The molecule has 1 aliphatic rings. The summed E-state index contributed by atoms with van der Waals surface area (Å²) in [5, 5.41) is 0. The number of nitrogens with two attached hydrogens (primary N) is 1. The summed E-state index contributed by atoms with van der Waals surface area (Å²) in [6.45, 7) is 9.07. The lowest BCUT2D eigenvalue weighted by Crippen LogP contribution is -2.24. The Morgan fingerprint density at radius 2 is 2.00 bits per heavy atom. The highest BCUT2D eigenvalue weighted by Crippen LogP contribution is 2.36. The van der Waals surface area contributed by atoms with E-state index in [2.05, 4.69) is 30.7 Å². The van der Waals surface area contributed by atoms with Crippen molar-refractivity contribution >= 4 is 5.82 Å². The summed E-state index contributed by atoms with van der Waals surface area (Å²) in [6.07, 6.45) is 3.05. The molecule has 0 radical (unpaired) electrons. The van der Waals surface area contributed by atoms with E-state index < -0.39 is 0 Å². The fourth-order valence-corrected chi connectivity index (χ4v) is 2.48. The average molecular weight is 249 g/mol. The largest absolute Gasteiger partial charge is 0.383 e. The van der Waals surface area contributed by atoms with Crippen LogP contribution in [0.25, 0.3) is 0 Å². The lowest BCUT2D eigenvalue weighted by Gasteiger charge is -2.29. The molecule has 4 nitrogen and oxygen atoms in total. The van der Waals surface area contributed by atoms with Crippen LogP contribution < -0.4 is 5.73 Å². The minimum absolute atomic E-state index is 0.0324. The molecule has 1 heterocycles. The van der Waals surface area contributed by atoms with Gasteiger partial charge in [0.2, 0.25) is 0 Å². The molecule has 100 valence electrons. The zero-order chi connectivity index (χ0) is 13.3. The summed E-state index contributed by atoms with van der Waals surface area (Å²) < 4.78 is 5.83. The van der Waals surface area contributed by atoms with Crippen LogP contribution in [0.2, 0.25) is 0 Å². The minimum atomic E-state index is -0.101. The van der Waals surface area contributed by atoms with Gasteiger partial charge in [-0.25, -0.2) is 9.97 Å². The number of nitrogens with zero attached hydrogens (tertiary/aromatic N) is 2. The molecule has 0 amide bonds. The van der Waals surface area contributed by atoms with Gasteiger partial charge in [0.05, 0.1) is 0 Å². The van der Waals surface area contributed by atoms with Crippen LogP contribution in [-0.4, -0.2) is 16.6 Å². The third-order valence-electron chi connectivity index (χ3n) is 3.34. The van der Waals surface area contributed by atoms with Crippen molar-refractivity contribution in [3.63, 3.8) is 0 Å². The molecule has 1 aromatic rings. The molecule has 0 bridgehead atoms. The number of rotatable bonds is 3. The average Bonchev–Trinajstić information content (AvgIpc) is 2.72. The van der Waals surface area contributed by atoms with Crippen LogP contribution in [0.5, 0.6) is 0 Å². The number of fused-ring (bicyclic) bond motifs is 1. The predicted octanol–water partition coefficient (Wildman–Crippen LogP) is 2.67. The molecule has 1 aromatic heterocycles. The van der Waals surface area contributed by atoms with Gasteiger partial charge in [0, 0.05) is 17.9 Å². The van der Waals surface area contributed by atoms with Crippen molar-refractivity contribution in [3.8, 4) is 0 Å². The van der Waals surface area contributed by atoms with Gasteiger partial charge in [0.1, 0.15) is 11.9 Å². The Morgan fingerprint density at radius 1 is 1.28 bits per heavy atom. The summed E-state index contributed by atoms with van der Waals surface area (Å²) in [7, 11) is 0. The second-order valence-corrected chi connectivity index (χ2v) is 5.95. The van der Waals surface area contributed by atoms with Crippen molar-refractivity contribution in [1.29, 1.82) is 0 Å². The van der Waals surface area contributed by atoms with Crippen molar-refractivity contribution in [2.24, 2.45) is 5.41 Å². The van der Waals surface area contributed by atoms with Gasteiger partial charge in [-0.1, -0.05) is 20.8 Å². The first-order valence-electron chi connectivity index (χ1n) is 6.70. The van der Waals surface area contributed by atoms with Crippen molar-refractivity contribution < 1.29 is 4.74 Å². The van der Waals surface area contributed by atoms with Crippen LogP contribution in [0.15, 0.2) is 0 Å². The van der Waals surface area contributed by atoms with Crippen molar-refractivity contribution in [3.05, 3.63) is 17.1 Å². The fraction of sp³-hybridized carbons (Fsp3) is 0.714. The van der Waals surface area contributed by atoms with Crippen LogP contribution >= 0.6 is 0 Å². The minimum Gasteiger partial charge on any atom is -0.383 e. The molecule has 0 saturated carbocycles. The highest BCUT2D eigenvalue weighted by molar-refractivity contribution is 5.45. The first-order valence-corrected chi connectivity index (χ1v) is 6.70. The van der Waals surface area contributed by atoms with Gasteiger partial charge in [-0.15, -0.1) is 0 Å². The number of anilines is 1. The molecule has 4 heteroatoms. The third kappa shape index (κ3) is 2.48. The summed E-state index contributed by atoms with van der Waals surface area (Å²) >= 11 is 0. The molecule has 1 unspecified atom stereocenters. The van der Waals surface area contributed by atoms with E-state index >= 15 is 0 Å². The van der Waals surface area contributed by atoms with Crippen molar-refractivity contribution in [2.75, 3.05) is 12.3 Å². The van der Waals surface area contributed by atoms with Gasteiger partial charge in [-0.3, -0.25) is 0 Å². The Balaban J connectivity index is 2.40. The first kappa shape index (κ1) is 13.3. The molecule has 0 aliphatic heterocycles. The van der Waals surface area contributed by atoms with Crippen LogP contribution in [0.1, 0.15) is 57.3 Å². The highest BCUT2D eigenvalue weighted by Gasteiger charge is 2.31. The van der Waals surface area contributed by atoms with E-state index in [9.17, 15) is 0 Å². The summed E-state index contributed by atoms with van der Waals surface area (Å²) in [5.41, 5.74) is 8.27. The third-order valence-corrected chi connectivity index (χ3v) is 3.34. The second kappa shape index (κ2) is 4.84. The van der Waals surface area contributed by atoms with Crippen LogP contribution in [0.4, 0.5) is 5.82 Å².